The lowest BCUT2D eigenvalue weighted by molar-refractivity contribution is 0.102. The van der Waals surface area contributed by atoms with Crippen LogP contribution in [0.3, 0.4) is 0 Å². The van der Waals surface area contributed by atoms with Crippen molar-refractivity contribution in [3.8, 4) is 5.75 Å². The number of hydrogen-bond donors (Lipinski definition) is 1. The van der Waals surface area contributed by atoms with Crippen LogP contribution in [-0.4, -0.2) is 15.7 Å². The van der Waals surface area contributed by atoms with Gasteiger partial charge in [-0.15, -0.1) is 0 Å². The molecule has 5 nitrogen and oxygen atoms in total. The smallest absolute Gasteiger partial charge is 0.255 e. The van der Waals surface area contributed by atoms with E-state index in [4.69, 9.17) is 16.3 Å². The standard InChI is InChI=1S/C26H22BrClFN3O2/c1-16-25(17(2)32(31-16)14-19-4-3-5-22(29)12-19)30-26(33)20-8-6-18(7-9-20)15-34-24-11-10-21(27)13-23(24)28/h3-13H,14-15H2,1-2H3,(H,30,33). The van der Waals surface area contributed by atoms with Crippen LogP contribution in [0.1, 0.15) is 32.9 Å². The zero-order valence-electron chi connectivity index (χ0n) is 18.6. The zero-order chi connectivity index (χ0) is 24.2. The summed E-state index contributed by atoms with van der Waals surface area (Å²) in [6.07, 6.45) is 0. The fraction of sp³-hybridized carbons (Fsp3) is 0.154. The molecular formula is C26H22BrClFN3O2. The van der Waals surface area contributed by atoms with Gasteiger partial charge in [-0.25, -0.2) is 4.39 Å². The highest BCUT2D eigenvalue weighted by molar-refractivity contribution is 9.10. The molecule has 3 aromatic carbocycles. The summed E-state index contributed by atoms with van der Waals surface area (Å²) in [7, 11) is 0. The maximum Gasteiger partial charge on any atom is 0.255 e. The van der Waals surface area contributed by atoms with Gasteiger partial charge in [0.2, 0.25) is 0 Å². The predicted octanol–water partition coefficient (Wildman–Crippen LogP) is 6.93. The van der Waals surface area contributed by atoms with Crippen molar-refractivity contribution in [1.82, 2.24) is 9.78 Å². The van der Waals surface area contributed by atoms with Crippen LogP contribution in [0.2, 0.25) is 5.02 Å². The summed E-state index contributed by atoms with van der Waals surface area (Å²) >= 11 is 9.56. The number of ether oxygens (including phenoxy) is 1. The third-order valence-corrected chi connectivity index (χ3v) is 6.13. The molecule has 1 heterocycles. The molecule has 4 rings (SSSR count). The summed E-state index contributed by atoms with van der Waals surface area (Å²) in [5, 5.41) is 7.99. The topological polar surface area (TPSA) is 56.2 Å². The summed E-state index contributed by atoms with van der Waals surface area (Å²) in [4.78, 5) is 12.8. The molecule has 0 atom stereocenters. The number of halogens is 3. The summed E-state index contributed by atoms with van der Waals surface area (Å²) in [5.41, 5.74) is 4.36. The Labute approximate surface area is 210 Å². The van der Waals surface area contributed by atoms with Crippen molar-refractivity contribution in [2.24, 2.45) is 0 Å². The second kappa shape index (κ2) is 10.4. The lowest BCUT2D eigenvalue weighted by Gasteiger charge is -2.10. The van der Waals surface area contributed by atoms with Crippen molar-refractivity contribution in [2.45, 2.75) is 27.0 Å². The summed E-state index contributed by atoms with van der Waals surface area (Å²) < 4.78 is 21.9. The number of carbonyl (C=O) groups is 1. The van der Waals surface area contributed by atoms with Crippen molar-refractivity contribution in [2.75, 3.05) is 5.32 Å². The Kier molecular flexibility index (Phi) is 7.34. The van der Waals surface area contributed by atoms with Gasteiger partial charge in [-0.1, -0.05) is 51.8 Å². The second-order valence-corrected chi connectivity index (χ2v) is 9.17. The van der Waals surface area contributed by atoms with Gasteiger partial charge in [-0.3, -0.25) is 9.48 Å². The van der Waals surface area contributed by atoms with E-state index in [0.29, 0.717) is 40.9 Å². The van der Waals surface area contributed by atoms with Crippen molar-refractivity contribution in [1.29, 1.82) is 0 Å². The number of nitrogens with zero attached hydrogens (tertiary/aromatic N) is 2. The van der Waals surface area contributed by atoms with E-state index in [2.05, 4.69) is 26.3 Å². The van der Waals surface area contributed by atoms with Crippen molar-refractivity contribution < 1.29 is 13.9 Å². The van der Waals surface area contributed by atoms with Crippen molar-refractivity contribution in [3.63, 3.8) is 0 Å². The zero-order valence-corrected chi connectivity index (χ0v) is 21.0. The molecule has 1 aromatic heterocycles. The van der Waals surface area contributed by atoms with Gasteiger partial charge in [0.1, 0.15) is 18.2 Å². The van der Waals surface area contributed by atoms with E-state index in [0.717, 1.165) is 21.3 Å². The van der Waals surface area contributed by atoms with Crippen molar-refractivity contribution in [3.05, 3.63) is 110 Å². The van der Waals surface area contributed by atoms with Gasteiger partial charge in [0.05, 0.1) is 28.6 Å². The molecule has 4 aromatic rings. The molecule has 0 spiro atoms. The highest BCUT2D eigenvalue weighted by Crippen LogP contribution is 2.28. The van der Waals surface area contributed by atoms with E-state index in [1.54, 1.807) is 35.0 Å². The Morgan fingerprint density at radius 2 is 1.85 bits per heavy atom. The largest absolute Gasteiger partial charge is 0.487 e. The minimum absolute atomic E-state index is 0.236. The van der Waals surface area contributed by atoms with Gasteiger partial charge in [0.15, 0.2) is 0 Å². The quantitative estimate of drug-likeness (QED) is 0.275. The first-order valence-electron chi connectivity index (χ1n) is 10.6. The normalized spacial score (nSPS) is 10.9. The molecule has 0 aliphatic carbocycles. The predicted molar refractivity (Wildman–Crippen MR) is 135 cm³/mol. The molecular weight excluding hydrogens is 521 g/mol. The van der Waals surface area contributed by atoms with Crippen LogP contribution in [0.5, 0.6) is 5.75 Å². The highest BCUT2D eigenvalue weighted by atomic mass is 79.9. The fourth-order valence-electron chi connectivity index (χ4n) is 3.53. The van der Waals surface area contributed by atoms with Crippen LogP contribution in [-0.2, 0) is 13.2 Å². The molecule has 1 N–H and O–H groups in total. The lowest BCUT2D eigenvalue weighted by atomic mass is 10.1. The molecule has 0 saturated carbocycles. The average Bonchev–Trinajstić information content (AvgIpc) is 3.06. The van der Waals surface area contributed by atoms with Gasteiger partial charge in [0.25, 0.3) is 5.91 Å². The van der Waals surface area contributed by atoms with Gasteiger partial charge >= 0.3 is 0 Å². The van der Waals surface area contributed by atoms with Gasteiger partial charge in [-0.05, 0) is 67.4 Å². The number of carbonyl (C=O) groups excluding carboxylic acids is 1. The first kappa shape index (κ1) is 24.0. The van der Waals surface area contributed by atoms with E-state index in [9.17, 15) is 9.18 Å². The number of nitrogens with one attached hydrogen (secondary N) is 1. The Bertz CT molecular complexity index is 1340. The Hall–Kier alpha value is -3.16. The van der Waals surface area contributed by atoms with Crippen LogP contribution >= 0.6 is 27.5 Å². The summed E-state index contributed by atoms with van der Waals surface area (Å²) in [5.74, 6) is 0.0640. The van der Waals surface area contributed by atoms with E-state index >= 15 is 0 Å². The molecule has 174 valence electrons. The summed E-state index contributed by atoms with van der Waals surface area (Å²) in [6.45, 7) is 4.45. The van der Waals surface area contributed by atoms with Crippen LogP contribution < -0.4 is 10.1 Å². The molecule has 0 saturated heterocycles. The van der Waals surface area contributed by atoms with Gasteiger partial charge < -0.3 is 10.1 Å². The lowest BCUT2D eigenvalue weighted by Crippen LogP contribution is -2.13. The average molecular weight is 543 g/mol. The molecule has 0 fully saturated rings. The second-order valence-electron chi connectivity index (χ2n) is 7.85. The third-order valence-electron chi connectivity index (χ3n) is 5.35. The molecule has 1 amide bonds. The molecule has 0 unspecified atom stereocenters. The van der Waals surface area contributed by atoms with E-state index in [1.807, 2.05) is 38.1 Å². The van der Waals surface area contributed by atoms with E-state index in [-0.39, 0.29) is 11.7 Å². The number of benzene rings is 3. The number of aromatic nitrogens is 2. The monoisotopic (exact) mass is 541 g/mol. The Balaban J connectivity index is 1.41. The van der Waals surface area contributed by atoms with E-state index < -0.39 is 0 Å². The first-order valence-corrected chi connectivity index (χ1v) is 11.7. The molecule has 8 heteroatoms. The molecule has 0 bridgehead atoms. The van der Waals surface area contributed by atoms with Gasteiger partial charge in [-0.2, -0.15) is 5.10 Å². The number of hydrogen-bond acceptors (Lipinski definition) is 3. The summed E-state index contributed by atoms with van der Waals surface area (Å²) in [6, 6.07) is 19.0. The maximum atomic E-state index is 13.5. The molecule has 0 radical (unpaired) electrons. The fourth-order valence-corrected chi connectivity index (χ4v) is 4.26. The molecule has 0 aliphatic rings. The van der Waals surface area contributed by atoms with Crippen LogP contribution in [0, 0.1) is 19.7 Å². The number of anilines is 1. The third kappa shape index (κ3) is 5.66. The molecule has 34 heavy (non-hydrogen) atoms. The minimum Gasteiger partial charge on any atom is -0.487 e. The minimum atomic E-state index is -0.290. The number of amides is 1. The first-order chi connectivity index (χ1) is 16.3. The maximum absolute atomic E-state index is 13.5. The Morgan fingerprint density at radius 1 is 1.09 bits per heavy atom. The van der Waals surface area contributed by atoms with Gasteiger partial charge in [0, 0.05) is 10.0 Å². The molecule has 0 aliphatic heterocycles. The number of aryl methyl sites for hydroxylation is 1. The highest BCUT2D eigenvalue weighted by Gasteiger charge is 2.16. The van der Waals surface area contributed by atoms with Crippen molar-refractivity contribution >= 4 is 39.1 Å². The van der Waals surface area contributed by atoms with Crippen LogP contribution in [0.25, 0.3) is 0 Å². The SMILES string of the molecule is Cc1nn(Cc2cccc(F)c2)c(C)c1NC(=O)c1ccc(COc2ccc(Br)cc2Cl)cc1. The van der Waals surface area contributed by atoms with Crippen LogP contribution in [0.4, 0.5) is 10.1 Å². The Morgan fingerprint density at radius 3 is 2.56 bits per heavy atom. The van der Waals surface area contributed by atoms with E-state index in [1.165, 1.54) is 12.1 Å². The number of rotatable bonds is 7. The van der Waals surface area contributed by atoms with Crippen LogP contribution in [0.15, 0.2) is 71.2 Å².